The number of benzene rings is 5. The molecule has 21 heteroatoms. The summed E-state index contributed by atoms with van der Waals surface area (Å²) in [7, 11) is -8.63. The third-order valence-corrected chi connectivity index (χ3v) is 15.6. The number of nitrogens with one attached hydrogen (secondary N) is 4. The number of rotatable bonds is 32. The topological polar surface area (TPSA) is 194 Å². The Kier molecular flexibility index (Phi) is 23.5. The molecule has 79 heavy (non-hydrogen) atoms. The maximum absolute atomic E-state index is 14.4. The predicted molar refractivity (Wildman–Crippen MR) is 294 cm³/mol. The van der Waals surface area contributed by atoms with E-state index in [-0.39, 0.29) is 33.3 Å². The van der Waals surface area contributed by atoms with E-state index < -0.39 is 102 Å². The lowest BCUT2D eigenvalue weighted by Gasteiger charge is -2.17. The fourth-order valence-electron chi connectivity index (χ4n) is 8.49. The van der Waals surface area contributed by atoms with Crippen LogP contribution in [0.1, 0.15) is 165 Å². The molecule has 0 spiro atoms. The Hall–Kier alpha value is -6.74. The number of unbranched alkanes of at least 4 members (excludes halogenated alkanes) is 15. The van der Waals surface area contributed by atoms with Crippen molar-refractivity contribution < 1.29 is 67.1 Å². The highest BCUT2D eigenvalue weighted by Crippen LogP contribution is 2.39. The minimum absolute atomic E-state index is 0.0398. The van der Waals surface area contributed by atoms with E-state index in [0.29, 0.717) is 18.6 Å². The van der Waals surface area contributed by atoms with Gasteiger partial charge in [0, 0.05) is 22.5 Å². The summed E-state index contributed by atoms with van der Waals surface area (Å²) in [5.74, 6) is -4.46. The van der Waals surface area contributed by atoms with Crippen molar-refractivity contribution in [2.24, 2.45) is 0 Å². The molecule has 2 amide bonds. The van der Waals surface area contributed by atoms with Crippen LogP contribution in [0.4, 0.5) is 49.1 Å². The summed E-state index contributed by atoms with van der Waals surface area (Å²) in [4.78, 5) is 53.5. The van der Waals surface area contributed by atoms with Gasteiger partial charge in [0.2, 0.25) is 11.8 Å². The van der Waals surface area contributed by atoms with Crippen LogP contribution in [0, 0.1) is 13.8 Å². The van der Waals surface area contributed by atoms with E-state index >= 15 is 0 Å². The van der Waals surface area contributed by atoms with Gasteiger partial charge in [0.05, 0.1) is 51.7 Å². The molecule has 0 heterocycles. The maximum atomic E-state index is 14.4. The van der Waals surface area contributed by atoms with E-state index in [9.17, 15) is 62.4 Å². The van der Waals surface area contributed by atoms with Crippen molar-refractivity contribution in [2.75, 3.05) is 26.7 Å². The van der Waals surface area contributed by atoms with Gasteiger partial charge < -0.3 is 15.4 Å². The molecule has 0 radical (unpaired) electrons. The number of hydrogen-bond donors (Lipinski definition) is 4. The van der Waals surface area contributed by atoms with Crippen molar-refractivity contribution in [3.63, 3.8) is 0 Å². The van der Waals surface area contributed by atoms with Gasteiger partial charge in [-0.05, 0) is 99.1 Å². The molecule has 0 unspecified atom stereocenters. The molecule has 0 saturated carbocycles. The smallest absolute Gasteiger partial charge is 0.418 e. The van der Waals surface area contributed by atoms with Crippen LogP contribution in [0.5, 0.6) is 5.75 Å². The Morgan fingerprint density at radius 3 is 1.14 bits per heavy atom. The first-order valence-electron chi connectivity index (χ1n) is 26.4. The highest BCUT2D eigenvalue weighted by Gasteiger charge is 2.36. The van der Waals surface area contributed by atoms with Gasteiger partial charge >= 0.3 is 12.4 Å². The van der Waals surface area contributed by atoms with Crippen molar-refractivity contribution in [3.8, 4) is 5.75 Å². The number of anilines is 4. The van der Waals surface area contributed by atoms with Crippen molar-refractivity contribution in [2.45, 2.75) is 158 Å². The highest BCUT2D eigenvalue weighted by atomic mass is 32.2. The van der Waals surface area contributed by atoms with Gasteiger partial charge in [-0.1, -0.05) is 139 Å². The molecule has 0 bridgehead atoms. The van der Waals surface area contributed by atoms with Gasteiger partial charge in [0.15, 0.2) is 11.6 Å². The fourth-order valence-corrected chi connectivity index (χ4v) is 10.6. The molecule has 0 fully saturated rings. The third kappa shape index (κ3) is 20.8. The molecular weight excluding hydrogens is 1070 g/mol. The molecule has 5 rings (SSSR count). The number of amides is 2. The van der Waals surface area contributed by atoms with E-state index in [0.717, 1.165) is 73.6 Å². The third-order valence-electron chi connectivity index (χ3n) is 12.8. The quantitative estimate of drug-likeness (QED) is 0.0140. The van der Waals surface area contributed by atoms with Gasteiger partial charge in [0.25, 0.3) is 20.0 Å². The van der Waals surface area contributed by atoms with Gasteiger partial charge in [-0.2, -0.15) is 26.3 Å². The van der Waals surface area contributed by atoms with Gasteiger partial charge in [0.1, 0.15) is 5.75 Å². The Morgan fingerprint density at radius 2 is 0.797 bits per heavy atom. The molecular formula is C58H68F6N4O9S2. The number of hydrogen-bond acceptors (Lipinski definition) is 9. The molecule has 0 aliphatic rings. The fraction of sp³-hybridized carbons (Fsp3) is 0.414. The summed E-state index contributed by atoms with van der Waals surface area (Å²) < 4.78 is 148. The molecule has 428 valence electrons. The molecule has 0 aliphatic carbocycles. The van der Waals surface area contributed by atoms with Crippen LogP contribution in [-0.2, 0) is 42.0 Å². The van der Waals surface area contributed by atoms with Crippen LogP contribution in [0.25, 0.3) is 0 Å². The van der Waals surface area contributed by atoms with Crippen LogP contribution >= 0.6 is 0 Å². The Morgan fingerprint density at radius 1 is 0.456 bits per heavy atom. The molecule has 5 aromatic rings. The maximum Gasteiger partial charge on any atom is 0.418 e. The summed E-state index contributed by atoms with van der Waals surface area (Å²) in [6, 6.07) is 19.1. The molecule has 5 aromatic carbocycles. The van der Waals surface area contributed by atoms with Crippen LogP contribution in [0.3, 0.4) is 0 Å². The van der Waals surface area contributed by atoms with Crippen molar-refractivity contribution in [1.29, 1.82) is 0 Å². The lowest BCUT2D eigenvalue weighted by atomic mass is 10.00. The molecule has 0 aliphatic heterocycles. The number of Topliss-reactive ketones (excluding diaryl/α,β-unsaturated/α-hetero) is 2. The zero-order chi connectivity index (χ0) is 57.8. The van der Waals surface area contributed by atoms with Crippen LogP contribution in [-0.4, -0.2) is 46.8 Å². The summed E-state index contributed by atoms with van der Waals surface area (Å²) >= 11 is 0. The number of sulfonamides is 2. The molecule has 4 N–H and O–H groups in total. The van der Waals surface area contributed by atoms with E-state index in [4.69, 9.17) is 4.74 Å². The second kappa shape index (κ2) is 29.5. The number of alkyl halides is 6. The Balaban J connectivity index is 1.26. The van der Waals surface area contributed by atoms with Crippen molar-refractivity contribution in [1.82, 2.24) is 0 Å². The van der Waals surface area contributed by atoms with Crippen LogP contribution in [0.15, 0.2) is 113 Å². The number of aryl methyl sites for hydroxylation is 2. The number of ketones is 2. The first-order chi connectivity index (χ1) is 37.3. The minimum Gasteiger partial charge on any atom is -0.494 e. The van der Waals surface area contributed by atoms with Gasteiger partial charge in [-0.15, -0.1) is 0 Å². The molecule has 0 saturated heterocycles. The zero-order valence-electron chi connectivity index (χ0n) is 44.5. The monoisotopic (exact) mass is 1140 g/mol. The number of carbonyl (C=O) groups excluding carboxylic acids is 4. The summed E-state index contributed by atoms with van der Waals surface area (Å²) in [5.41, 5.74) is -4.55. The lowest BCUT2D eigenvalue weighted by Crippen LogP contribution is -2.21. The molecule has 0 atom stereocenters. The predicted octanol–water partition coefficient (Wildman–Crippen LogP) is 15.0. The average Bonchev–Trinajstić information content (AvgIpc) is 3.47. The molecule has 13 nitrogen and oxygen atoms in total. The number of halogens is 6. The van der Waals surface area contributed by atoms with Crippen molar-refractivity contribution >= 4 is 66.2 Å². The second-order valence-electron chi connectivity index (χ2n) is 19.5. The van der Waals surface area contributed by atoms with E-state index in [1.54, 1.807) is 13.8 Å². The first kappa shape index (κ1) is 63.1. The van der Waals surface area contributed by atoms with E-state index in [2.05, 4.69) is 27.0 Å². The molecule has 0 aromatic heterocycles. The van der Waals surface area contributed by atoms with Crippen LogP contribution in [0.2, 0.25) is 0 Å². The second-order valence-corrected chi connectivity index (χ2v) is 22.9. The first-order valence-corrected chi connectivity index (χ1v) is 29.4. The van der Waals surface area contributed by atoms with Gasteiger partial charge in [-0.25, -0.2) is 16.8 Å². The SMILES string of the molecule is CCCCCCCCCCCCCCCCCCOc1cc(C(=O)CC(=O)Nc2ccc(NS(=O)(=O)c3ccc(C)cc3)cc2C(F)(F)F)cc(C(=O)CC(=O)Nc2ccc(NS(=O)(=O)c3ccc(C)cc3)cc2C(F)(F)F)c1. The Labute approximate surface area is 458 Å². The lowest BCUT2D eigenvalue weighted by molar-refractivity contribution is -0.137. The summed E-state index contributed by atoms with van der Waals surface area (Å²) in [6.07, 6.45) is 5.88. The highest BCUT2D eigenvalue weighted by molar-refractivity contribution is 7.93. The average molecular weight is 1140 g/mol. The normalized spacial score (nSPS) is 12.0. The summed E-state index contributed by atoms with van der Waals surface area (Å²) in [6.45, 7) is 5.77. The summed E-state index contributed by atoms with van der Waals surface area (Å²) in [5, 5.41) is 4.10. The van der Waals surface area contributed by atoms with Gasteiger partial charge in [-0.3, -0.25) is 28.6 Å². The van der Waals surface area contributed by atoms with Crippen LogP contribution < -0.4 is 24.8 Å². The van der Waals surface area contributed by atoms with E-state index in [1.165, 1.54) is 125 Å². The standard InChI is InChI=1S/C58H68F6N4O9S2/c1-4-5-6-7-8-9-10-11-12-13-14-15-16-17-18-19-32-77-46-34-42(53(69)38-55(71)65-51-30-24-44(36-49(51)57(59,60)61)67-78(73,74)47-26-20-40(2)21-27-47)33-43(35-46)54(70)39-56(72)66-52-31-25-45(37-50(52)58(62,63)64)68-79(75,76)48-28-22-41(3)23-29-48/h20-31,33-37,67-68H,4-19,32,38-39H2,1-3H3,(H,65,71)(H,66,72). The minimum atomic E-state index is -5.11. The Bertz CT molecular complexity index is 2910. The zero-order valence-corrected chi connectivity index (χ0v) is 46.1. The van der Waals surface area contributed by atoms with Crippen molar-refractivity contribution in [3.05, 3.63) is 137 Å². The number of ether oxygens (including phenoxy) is 1. The largest absolute Gasteiger partial charge is 0.494 e. The number of carbonyl (C=O) groups is 4. The van der Waals surface area contributed by atoms with E-state index in [1.807, 2.05) is 0 Å².